The zero-order chi connectivity index (χ0) is 22.2. The third kappa shape index (κ3) is 1.82. The molecule has 0 aromatic carbocycles. The molecule has 1 aromatic heterocycles. The average Bonchev–Trinajstić information content (AvgIpc) is 3.07. The maximum atomic E-state index is 14.0. The normalized spacial score (nSPS) is 51.7. The molecule has 5 aliphatic rings. The third-order valence-corrected chi connectivity index (χ3v) is 10.4. The number of ether oxygens (including phenoxy) is 1. The molecule has 6 rings (SSSR count). The van der Waals surface area contributed by atoms with E-state index in [9.17, 15) is 14.4 Å². The summed E-state index contributed by atoms with van der Waals surface area (Å²) in [6, 6.07) is 2.02. The van der Waals surface area contributed by atoms with Gasteiger partial charge in [0.2, 0.25) is 11.6 Å². The number of furan rings is 1. The Labute approximate surface area is 182 Å². The van der Waals surface area contributed by atoms with Gasteiger partial charge in [0.15, 0.2) is 5.78 Å². The van der Waals surface area contributed by atoms with Crippen molar-refractivity contribution in [1.29, 1.82) is 0 Å². The van der Waals surface area contributed by atoms with Crippen LogP contribution in [0.1, 0.15) is 65.4 Å². The Bertz CT molecular complexity index is 1070. The minimum Gasteiger partial charge on any atom is -0.472 e. The second-order valence-electron chi connectivity index (χ2n) is 11.8. The molecule has 1 saturated heterocycles. The Kier molecular flexibility index (Phi) is 3.36. The lowest BCUT2D eigenvalue weighted by Crippen LogP contribution is -2.71. The molecule has 0 radical (unpaired) electrons. The number of epoxide rings is 1. The number of carbonyl (C=O) groups is 3. The van der Waals surface area contributed by atoms with Crippen LogP contribution in [0, 0.1) is 33.5 Å². The summed E-state index contributed by atoms with van der Waals surface area (Å²) < 4.78 is 11.9. The van der Waals surface area contributed by atoms with Crippen LogP contribution >= 0.6 is 0 Å². The Balaban J connectivity index is 1.53. The quantitative estimate of drug-likeness (QED) is 0.499. The van der Waals surface area contributed by atoms with E-state index in [0.717, 1.165) is 24.8 Å². The number of Topliss-reactive ketones (excluding diaryl/α,β-unsaturated/α-hetero) is 2. The molecule has 1 aromatic rings. The summed E-state index contributed by atoms with van der Waals surface area (Å²) >= 11 is 0. The Morgan fingerprint density at radius 3 is 2.48 bits per heavy atom. The van der Waals surface area contributed by atoms with Crippen molar-refractivity contribution in [2.75, 3.05) is 0 Å². The van der Waals surface area contributed by atoms with Gasteiger partial charge in [-0.2, -0.15) is 0 Å². The number of carbonyl (C=O) groups excluding carboxylic acids is 3. The Morgan fingerprint density at radius 2 is 1.81 bits per heavy atom. The van der Waals surface area contributed by atoms with Gasteiger partial charge in [-0.05, 0) is 55.7 Å². The summed E-state index contributed by atoms with van der Waals surface area (Å²) in [7, 11) is 0. The van der Waals surface area contributed by atoms with Crippen molar-refractivity contribution in [1.82, 2.24) is 0 Å². The van der Waals surface area contributed by atoms with Crippen LogP contribution in [0.25, 0.3) is 0 Å². The molecule has 0 bridgehead atoms. The fourth-order valence-electron chi connectivity index (χ4n) is 9.08. The summed E-state index contributed by atoms with van der Waals surface area (Å²) in [4.78, 5) is 40.4. The van der Waals surface area contributed by atoms with E-state index >= 15 is 0 Å². The monoisotopic (exact) mass is 422 g/mol. The van der Waals surface area contributed by atoms with Crippen LogP contribution in [0.5, 0.6) is 0 Å². The molecular weight excluding hydrogens is 392 g/mol. The highest BCUT2D eigenvalue weighted by Crippen LogP contribution is 2.81. The van der Waals surface area contributed by atoms with Gasteiger partial charge >= 0.3 is 0 Å². The minimum atomic E-state index is -0.897. The van der Waals surface area contributed by atoms with Gasteiger partial charge in [-0.3, -0.25) is 14.4 Å². The fourth-order valence-corrected chi connectivity index (χ4v) is 9.08. The minimum absolute atomic E-state index is 0.0238. The van der Waals surface area contributed by atoms with E-state index in [1.54, 1.807) is 12.3 Å². The van der Waals surface area contributed by atoms with Crippen LogP contribution in [0.4, 0.5) is 0 Å². The fraction of sp³-hybridized carbons (Fsp3) is 0.654. The third-order valence-electron chi connectivity index (χ3n) is 10.4. The standard InChI is InChI=1S/C26H30O5/c1-22(2)17(27)7-9-23(3)16-6-10-24(4)15(14-8-11-30-13-14)12-18-26(24,31-18)25(16,5)21(29)19(28)20(22)23/h7-9,11,13,15-16,18,20H,6,10,12H2,1-5H3/t15-,16+,18?,20?,23?,24-,25?,26?/m0/s1. The van der Waals surface area contributed by atoms with E-state index in [2.05, 4.69) is 13.8 Å². The van der Waals surface area contributed by atoms with E-state index in [-0.39, 0.29) is 40.7 Å². The maximum absolute atomic E-state index is 14.0. The summed E-state index contributed by atoms with van der Waals surface area (Å²) in [6.45, 7) is 9.97. The molecule has 5 unspecified atom stereocenters. The highest BCUT2D eigenvalue weighted by atomic mass is 16.6. The first-order chi connectivity index (χ1) is 14.5. The first-order valence-electron chi connectivity index (χ1n) is 11.5. The van der Waals surface area contributed by atoms with E-state index in [0.29, 0.717) is 0 Å². The highest BCUT2D eigenvalue weighted by molar-refractivity contribution is 6.42. The van der Waals surface area contributed by atoms with Crippen molar-refractivity contribution >= 4 is 17.3 Å². The largest absolute Gasteiger partial charge is 0.472 e. The van der Waals surface area contributed by atoms with Crippen molar-refractivity contribution in [3.8, 4) is 0 Å². The molecule has 164 valence electrons. The van der Waals surface area contributed by atoms with Crippen molar-refractivity contribution in [3.63, 3.8) is 0 Å². The van der Waals surface area contributed by atoms with Gasteiger partial charge in [0.05, 0.1) is 24.0 Å². The van der Waals surface area contributed by atoms with Gasteiger partial charge in [0.25, 0.3) is 0 Å². The molecule has 1 aliphatic heterocycles. The number of ketones is 3. The molecule has 5 nitrogen and oxygen atoms in total. The van der Waals surface area contributed by atoms with Gasteiger partial charge in [-0.15, -0.1) is 0 Å². The van der Waals surface area contributed by atoms with Crippen LogP contribution in [-0.4, -0.2) is 29.1 Å². The lowest BCUT2D eigenvalue weighted by atomic mass is 9.37. The topological polar surface area (TPSA) is 76.9 Å². The predicted octanol–water partition coefficient (Wildman–Crippen LogP) is 4.27. The van der Waals surface area contributed by atoms with Gasteiger partial charge in [0, 0.05) is 22.2 Å². The number of allylic oxidation sites excluding steroid dienone is 2. The lowest BCUT2D eigenvalue weighted by Gasteiger charge is -2.64. The van der Waals surface area contributed by atoms with E-state index in [4.69, 9.17) is 9.15 Å². The molecule has 0 N–H and O–H groups in total. The molecular formula is C26H30O5. The van der Waals surface area contributed by atoms with Crippen LogP contribution in [0.2, 0.25) is 0 Å². The Morgan fingerprint density at radius 1 is 1.06 bits per heavy atom. The van der Waals surface area contributed by atoms with Gasteiger partial charge < -0.3 is 9.15 Å². The molecule has 0 amide bonds. The molecule has 31 heavy (non-hydrogen) atoms. The smallest absolute Gasteiger partial charge is 0.207 e. The average molecular weight is 423 g/mol. The molecule has 8 atom stereocenters. The predicted molar refractivity (Wildman–Crippen MR) is 112 cm³/mol. The number of fused-ring (bicyclic) bond motifs is 3. The zero-order valence-electron chi connectivity index (χ0n) is 18.9. The Hall–Kier alpha value is -2.01. The molecule has 4 fully saturated rings. The van der Waals surface area contributed by atoms with E-state index in [1.807, 2.05) is 39.2 Å². The number of hydrogen-bond acceptors (Lipinski definition) is 5. The first kappa shape index (κ1) is 19.7. The van der Waals surface area contributed by atoms with Crippen molar-refractivity contribution in [2.45, 2.75) is 71.5 Å². The molecule has 4 aliphatic carbocycles. The molecule has 2 heterocycles. The number of rotatable bonds is 1. The van der Waals surface area contributed by atoms with E-state index in [1.165, 1.54) is 0 Å². The lowest BCUT2D eigenvalue weighted by molar-refractivity contribution is -0.188. The van der Waals surface area contributed by atoms with Crippen LogP contribution in [0.3, 0.4) is 0 Å². The zero-order valence-corrected chi connectivity index (χ0v) is 18.9. The van der Waals surface area contributed by atoms with Crippen molar-refractivity contribution in [2.24, 2.45) is 33.5 Å². The first-order valence-corrected chi connectivity index (χ1v) is 11.5. The van der Waals surface area contributed by atoms with Crippen LogP contribution in [0.15, 0.2) is 35.2 Å². The maximum Gasteiger partial charge on any atom is 0.207 e. The van der Waals surface area contributed by atoms with Gasteiger partial charge in [-0.25, -0.2) is 0 Å². The van der Waals surface area contributed by atoms with Gasteiger partial charge in [0.1, 0.15) is 5.60 Å². The summed E-state index contributed by atoms with van der Waals surface area (Å²) in [5, 5.41) is 0. The van der Waals surface area contributed by atoms with Crippen LogP contribution < -0.4 is 0 Å². The molecule has 3 saturated carbocycles. The van der Waals surface area contributed by atoms with Crippen molar-refractivity contribution in [3.05, 3.63) is 36.3 Å². The second kappa shape index (κ2) is 5.31. The SMILES string of the molecule is CC1(C)C(=O)C=CC2(C)C1C(=O)C(=O)C1(C)[C@@H]2CC[C@@]2(C)[C@H](c3ccoc3)CC3OC312. The number of hydrogen-bond donors (Lipinski definition) is 0. The highest BCUT2D eigenvalue weighted by Gasteiger charge is 2.88. The molecule has 5 heteroatoms. The van der Waals surface area contributed by atoms with E-state index < -0.39 is 27.8 Å². The second-order valence-corrected chi connectivity index (χ2v) is 11.8. The summed E-state index contributed by atoms with van der Waals surface area (Å²) in [5.41, 5.74) is -2.04. The summed E-state index contributed by atoms with van der Waals surface area (Å²) in [6.07, 6.45) is 9.69. The summed E-state index contributed by atoms with van der Waals surface area (Å²) in [5.74, 6) is -1.19. The van der Waals surface area contributed by atoms with Crippen molar-refractivity contribution < 1.29 is 23.5 Å². The molecule has 1 spiro atoms. The van der Waals surface area contributed by atoms with Gasteiger partial charge in [-0.1, -0.05) is 33.8 Å². The van der Waals surface area contributed by atoms with Crippen LogP contribution in [-0.2, 0) is 19.1 Å².